The lowest BCUT2D eigenvalue weighted by atomic mass is 10.1. The number of hydrogen-bond donors (Lipinski definition) is 1. The minimum atomic E-state index is -0.384. The number of anilines is 1. The molecule has 0 radical (unpaired) electrons. The van der Waals surface area contributed by atoms with E-state index in [0.29, 0.717) is 15.0 Å². The number of carbonyl (C=O) groups excluding carboxylic acids is 2. The van der Waals surface area contributed by atoms with E-state index in [1.54, 1.807) is 6.08 Å². The summed E-state index contributed by atoms with van der Waals surface area (Å²) in [6.07, 6.45) is 3.12. The van der Waals surface area contributed by atoms with Gasteiger partial charge >= 0.3 is 0 Å². The highest BCUT2D eigenvalue weighted by Crippen LogP contribution is 2.26. The maximum atomic E-state index is 12.9. The van der Waals surface area contributed by atoms with Gasteiger partial charge in [0.15, 0.2) is 10.1 Å². The Kier molecular flexibility index (Phi) is 6.45. The van der Waals surface area contributed by atoms with E-state index >= 15 is 0 Å². The van der Waals surface area contributed by atoms with Crippen LogP contribution in [0.5, 0.6) is 0 Å². The number of thioether (sulfide) groups is 1. The topological polar surface area (TPSA) is 72.0 Å². The van der Waals surface area contributed by atoms with Crippen molar-refractivity contribution in [3.63, 3.8) is 0 Å². The van der Waals surface area contributed by atoms with Crippen LogP contribution < -0.4 is 5.32 Å². The summed E-state index contributed by atoms with van der Waals surface area (Å²) >= 11 is 2.40. The van der Waals surface area contributed by atoms with Crippen LogP contribution in [0, 0.1) is 5.82 Å². The summed E-state index contributed by atoms with van der Waals surface area (Å²) in [5.41, 5.74) is 1.36. The van der Waals surface area contributed by atoms with Gasteiger partial charge in [0.25, 0.3) is 0 Å². The average molecular weight is 399 g/mol. The van der Waals surface area contributed by atoms with E-state index in [2.05, 4.69) is 15.5 Å². The predicted molar refractivity (Wildman–Crippen MR) is 105 cm³/mol. The first-order valence-corrected chi connectivity index (χ1v) is 9.69. The van der Waals surface area contributed by atoms with Crippen LogP contribution in [0.2, 0.25) is 0 Å². The van der Waals surface area contributed by atoms with Gasteiger partial charge in [0.2, 0.25) is 11.0 Å². The number of rotatable bonds is 7. The van der Waals surface area contributed by atoms with Gasteiger partial charge in [-0.25, -0.2) is 4.39 Å². The molecule has 0 aliphatic carbocycles. The largest absolute Gasteiger partial charge is 0.297 e. The van der Waals surface area contributed by atoms with E-state index < -0.39 is 0 Å². The molecular weight excluding hydrogens is 385 g/mol. The Bertz CT molecular complexity index is 957. The molecule has 8 heteroatoms. The lowest BCUT2D eigenvalue weighted by molar-refractivity contribution is -0.111. The van der Waals surface area contributed by atoms with Crippen molar-refractivity contribution in [3.05, 3.63) is 77.6 Å². The van der Waals surface area contributed by atoms with E-state index in [1.165, 1.54) is 53.4 Å². The zero-order valence-corrected chi connectivity index (χ0v) is 15.6. The standard InChI is InChI=1S/C19H14FN3O2S2/c20-15-9-7-14(8-10-15)16(24)12-26-19-23-22-18(27-19)21-17(25)11-6-13-4-2-1-3-5-13/h1-11H,12H2,(H,21,22,25)/b11-6+. The highest BCUT2D eigenvalue weighted by molar-refractivity contribution is 8.01. The maximum absolute atomic E-state index is 12.9. The van der Waals surface area contributed by atoms with Crippen molar-refractivity contribution in [1.29, 1.82) is 0 Å². The monoisotopic (exact) mass is 399 g/mol. The van der Waals surface area contributed by atoms with E-state index in [-0.39, 0.29) is 23.3 Å². The molecule has 0 aliphatic heterocycles. The average Bonchev–Trinajstić information content (AvgIpc) is 3.13. The summed E-state index contributed by atoms with van der Waals surface area (Å²) in [6, 6.07) is 14.9. The Morgan fingerprint density at radius 2 is 1.81 bits per heavy atom. The summed E-state index contributed by atoms with van der Waals surface area (Å²) in [7, 11) is 0. The van der Waals surface area contributed by atoms with E-state index in [9.17, 15) is 14.0 Å². The minimum Gasteiger partial charge on any atom is -0.297 e. The van der Waals surface area contributed by atoms with Crippen LogP contribution in [0.25, 0.3) is 6.08 Å². The quantitative estimate of drug-likeness (QED) is 0.277. The number of hydrogen-bond acceptors (Lipinski definition) is 6. The van der Waals surface area contributed by atoms with Gasteiger partial charge in [0, 0.05) is 11.6 Å². The van der Waals surface area contributed by atoms with Gasteiger partial charge in [-0.2, -0.15) is 0 Å². The molecule has 136 valence electrons. The first-order chi connectivity index (χ1) is 13.1. The van der Waals surface area contributed by atoms with Crippen LogP contribution in [0.3, 0.4) is 0 Å². The number of ketones is 1. The molecule has 0 saturated carbocycles. The first kappa shape index (κ1) is 18.9. The second-order valence-electron chi connectivity index (χ2n) is 5.33. The lowest BCUT2D eigenvalue weighted by Crippen LogP contribution is -2.07. The van der Waals surface area contributed by atoms with Crippen molar-refractivity contribution in [3.8, 4) is 0 Å². The molecular formula is C19H14FN3O2S2. The third kappa shape index (κ3) is 5.83. The summed E-state index contributed by atoms with van der Waals surface area (Å²) in [5.74, 6) is -0.673. The zero-order valence-electron chi connectivity index (χ0n) is 14.0. The maximum Gasteiger partial charge on any atom is 0.250 e. The number of halogens is 1. The van der Waals surface area contributed by atoms with Crippen molar-refractivity contribution in [1.82, 2.24) is 10.2 Å². The van der Waals surface area contributed by atoms with Crippen LogP contribution in [-0.2, 0) is 4.79 Å². The van der Waals surface area contributed by atoms with Crippen molar-refractivity contribution >= 4 is 46.0 Å². The minimum absolute atomic E-state index is 0.133. The highest BCUT2D eigenvalue weighted by Gasteiger charge is 2.11. The second-order valence-corrected chi connectivity index (χ2v) is 7.53. The fraction of sp³-hybridized carbons (Fsp3) is 0.0526. The van der Waals surface area contributed by atoms with Gasteiger partial charge in [-0.1, -0.05) is 53.4 Å². The normalized spacial score (nSPS) is 10.9. The molecule has 3 rings (SSSR count). The van der Waals surface area contributed by atoms with Gasteiger partial charge in [-0.05, 0) is 35.9 Å². The molecule has 0 spiro atoms. The molecule has 0 aliphatic rings. The van der Waals surface area contributed by atoms with E-state index in [1.807, 2.05) is 30.3 Å². The Hall–Kier alpha value is -2.84. The number of aromatic nitrogens is 2. The Morgan fingerprint density at radius 3 is 2.56 bits per heavy atom. The smallest absolute Gasteiger partial charge is 0.250 e. The fourth-order valence-corrected chi connectivity index (χ4v) is 3.70. The number of carbonyl (C=O) groups is 2. The molecule has 0 fully saturated rings. The van der Waals surface area contributed by atoms with Crippen LogP contribution >= 0.6 is 23.1 Å². The molecule has 1 aromatic heterocycles. The molecule has 0 bridgehead atoms. The molecule has 0 atom stereocenters. The van der Waals surface area contributed by atoms with Crippen molar-refractivity contribution in [2.24, 2.45) is 0 Å². The molecule has 1 N–H and O–H groups in total. The Morgan fingerprint density at radius 1 is 1.07 bits per heavy atom. The molecule has 27 heavy (non-hydrogen) atoms. The Labute approximate surface area is 163 Å². The predicted octanol–water partition coefficient (Wildman–Crippen LogP) is 4.30. The van der Waals surface area contributed by atoms with Crippen LogP contribution in [0.15, 0.2) is 65.0 Å². The van der Waals surface area contributed by atoms with Crippen molar-refractivity contribution in [2.75, 3.05) is 11.1 Å². The molecule has 0 saturated heterocycles. The summed E-state index contributed by atoms with van der Waals surface area (Å²) in [5, 5.41) is 10.8. The molecule has 1 amide bonds. The second kappa shape index (κ2) is 9.20. The van der Waals surface area contributed by atoms with Gasteiger partial charge < -0.3 is 0 Å². The summed E-state index contributed by atoms with van der Waals surface area (Å²) in [6.45, 7) is 0. The number of amides is 1. The Balaban J connectivity index is 1.50. The third-order valence-corrected chi connectivity index (χ3v) is 5.33. The van der Waals surface area contributed by atoms with Crippen LogP contribution in [-0.4, -0.2) is 27.6 Å². The number of Topliss-reactive ketones (excluding diaryl/α,β-unsaturated/α-hetero) is 1. The summed E-state index contributed by atoms with van der Waals surface area (Å²) < 4.78 is 13.4. The molecule has 5 nitrogen and oxygen atoms in total. The van der Waals surface area contributed by atoms with Crippen molar-refractivity contribution < 1.29 is 14.0 Å². The zero-order chi connectivity index (χ0) is 19.1. The molecule has 1 heterocycles. The van der Waals surface area contributed by atoms with E-state index in [0.717, 1.165) is 5.56 Å². The van der Waals surface area contributed by atoms with Gasteiger partial charge in [0.05, 0.1) is 5.75 Å². The van der Waals surface area contributed by atoms with Crippen LogP contribution in [0.4, 0.5) is 9.52 Å². The lowest BCUT2D eigenvalue weighted by Gasteiger charge is -1.98. The van der Waals surface area contributed by atoms with E-state index in [4.69, 9.17) is 0 Å². The highest BCUT2D eigenvalue weighted by atomic mass is 32.2. The summed E-state index contributed by atoms with van der Waals surface area (Å²) in [4.78, 5) is 24.0. The molecule has 3 aromatic rings. The van der Waals surface area contributed by atoms with Gasteiger partial charge in [0.1, 0.15) is 5.82 Å². The number of benzene rings is 2. The van der Waals surface area contributed by atoms with Gasteiger partial charge in [-0.15, -0.1) is 10.2 Å². The van der Waals surface area contributed by atoms with Crippen molar-refractivity contribution in [2.45, 2.75) is 4.34 Å². The SMILES string of the molecule is O=C(/C=C/c1ccccc1)Nc1nnc(SCC(=O)c2ccc(F)cc2)s1. The van der Waals surface area contributed by atoms with Gasteiger partial charge in [-0.3, -0.25) is 14.9 Å². The fourth-order valence-electron chi connectivity index (χ4n) is 2.05. The van der Waals surface area contributed by atoms with Crippen LogP contribution in [0.1, 0.15) is 15.9 Å². The molecule has 2 aromatic carbocycles. The number of nitrogens with one attached hydrogen (secondary N) is 1. The number of nitrogens with zero attached hydrogens (tertiary/aromatic N) is 2. The first-order valence-electron chi connectivity index (χ1n) is 7.89. The third-order valence-electron chi connectivity index (χ3n) is 3.36. The molecule has 0 unspecified atom stereocenters.